The largest absolute Gasteiger partial charge is 0.343 e. The van der Waals surface area contributed by atoms with Gasteiger partial charge in [0.1, 0.15) is 0 Å². The minimum Gasteiger partial charge on any atom is -0.343 e. The molecular formula is C13H21BrN2OS. The summed E-state index contributed by atoms with van der Waals surface area (Å²) in [6.07, 6.45) is 0.564. The average Bonchev–Trinajstić information content (AvgIpc) is 2.77. The van der Waals surface area contributed by atoms with Crippen LogP contribution in [0.15, 0.2) is 15.9 Å². The molecule has 0 bridgehead atoms. The van der Waals surface area contributed by atoms with E-state index in [0.717, 1.165) is 24.1 Å². The van der Waals surface area contributed by atoms with Crippen molar-refractivity contribution in [2.24, 2.45) is 0 Å². The van der Waals surface area contributed by atoms with Crippen LogP contribution >= 0.6 is 27.3 Å². The number of thiophene rings is 1. The van der Waals surface area contributed by atoms with Crippen LogP contribution in [0.5, 0.6) is 0 Å². The maximum absolute atomic E-state index is 11.8. The van der Waals surface area contributed by atoms with E-state index in [-0.39, 0.29) is 11.9 Å². The van der Waals surface area contributed by atoms with E-state index in [2.05, 4.69) is 39.6 Å². The minimum atomic E-state index is 0.227. The highest BCUT2D eigenvalue weighted by molar-refractivity contribution is 9.10. The van der Waals surface area contributed by atoms with Gasteiger partial charge in [0.05, 0.1) is 0 Å². The first-order chi connectivity index (χ1) is 8.60. The topological polar surface area (TPSA) is 32.3 Å². The van der Waals surface area contributed by atoms with Crippen molar-refractivity contribution in [3.05, 3.63) is 20.8 Å². The third-order valence-electron chi connectivity index (χ3n) is 2.94. The van der Waals surface area contributed by atoms with Gasteiger partial charge in [-0.05, 0) is 48.1 Å². The van der Waals surface area contributed by atoms with Crippen molar-refractivity contribution in [2.45, 2.75) is 33.2 Å². The van der Waals surface area contributed by atoms with Gasteiger partial charge in [-0.1, -0.05) is 0 Å². The molecule has 1 atom stereocenters. The zero-order valence-corrected chi connectivity index (χ0v) is 13.6. The fraction of sp³-hybridized carbons (Fsp3) is 0.615. The number of carbonyl (C=O) groups excluding carboxylic acids is 1. The van der Waals surface area contributed by atoms with Crippen molar-refractivity contribution in [2.75, 3.05) is 19.6 Å². The number of nitrogens with one attached hydrogen (secondary N) is 1. The van der Waals surface area contributed by atoms with Crippen molar-refractivity contribution >= 4 is 33.2 Å². The highest BCUT2D eigenvalue weighted by Crippen LogP contribution is 2.28. The molecule has 0 aliphatic rings. The Morgan fingerprint density at radius 1 is 1.50 bits per heavy atom. The van der Waals surface area contributed by atoms with Crippen LogP contribution in [0.25, 0.3) is 0 Å². The second kappa shape index (κ2) is 7.92. The van der Waals surface area contributed by atoms with Crippen LogP contribution in [0.4, 0.5) is 0 Å². The summed E-state index contributed by atoms with van der Waals surface area (Å²) >= 11 is 5.26. The van der Waals surface area contributed by atoms with Crippen LogP contribution in [0.1, 0.15) is 38.1 Å². The first-order valence-corrected chi connectivity index (χ1v) is 8.01. The number of nitrogens with zero attached hydrogens (tertiary/aromatic N) is 1. The molecule has 0 radical (unpaired) electrons. The Hall–Kier alpha value is -0.390. The molecule has 0 aliphatic heterocycles. The summed E-state index contributed by atoms with van der Waals surface area (Å²) < 4.78 is 1.14. The molecule has 0 aromatic carbocycles. The maximum atomic E-state index is 11.8. The van der Waals surface area contributed by atoms with E-state index in [4.69, 9.17) is 0 Å². The third kappa shape index (κ3) is 4.37. The third-order valence-corrected chi connectivity index (χ3v) is 5.00. The Balaban J connectivity index is 2.34. The van der Waals surface area contributed by atoms with Gasteiger partial charge < -0.3 is 10.2 Å². The number of halogens is 1. The van der Waals surface area contributed by atoms with Gasteiger partial charge in [-0.3, -0.25) is 4.79 Å². The number of carbonyl (C=O) groups is 1. The van der Waals surface area contributed by atoms with Crippen LogP contribution in [-0.4, -0.2) is 30.4 Å². The van der Waals surface area contributed by atoms with Crippen molar-refractivity contribution < 1.29 is 4.79 Å². The SMILES string of the molecule is CCN(CC)C(=O)CCNC(C)c1sccc1Br. The Labute approximate surface area is 122 Å². The smallest absolute Gasteiger partial charge is 0.223 e. The molecule has 1 rings (SSSR count). The highest BCUT2D eigenvalue weighted by atomic mass is 79.9. The molecule has 5 heteroatoms. The average molecular weight is 333 g/mol. The molecule has 18 heavy (non-hydrogen) atoms. The summed E-state index contributed by atoms with van der Waals surface area (Å²) in [5.41, 5.74) is 0. The highest BCUT2D eigenvalue weighted by Gasteiger charge is 2.12. The monoisotopic (exact) mass is 332 g/mol. The molecular weight excluding hydrogens is 312 g/mol. The molecule has 1 unspecified atom stereocenters. The second-order valence-corrected chi connectivity index (χ2v) is 5.93. The Kier molecular flexibility index (Phi) is 6.89. The quantitative estimate of drug-likeness (QED) is 0.829. The lowest BCUT2D eigenvalue weighted by Crippen LogP contribution is -2.33. The molecule has 0 spiro atoms. The zero-order valence-electron chi connectivity index (χ0n) is 11.2. The zero-order chi connectivity index (χ0) is 13.5. The lowest BCUT2D eigenvalue weighted by molar-refractivity contribution is -0.130. The molecule has 0 aliphatic carbocycles. The van der Waals surface area contributed by atoms with Crippen LogP contribution in [-0.2, 0) is 4.79 Å². The fourth-order valence-corrected chi connectivity index (χ4v) is 3.59. The van der Waals surface area contributed by atoms with Gasteiger partial charge in [0.15, 0.2) is 0 Å². The molecule has 102 valence electrons. The Morgan fingerprint density at radius 3 is 2.67 bits per heavy atom. The first kappa shape index (κ1) is 15.7. The molecule has 0 fully saturated rings. The lowest BCUT2D eigenvalue weighted by atomic mass is 10.2. The minimum absolute atomic E-state index is 0.227. The number of hydrogen-bond acceptors (Lipinski definition) is 3. The standard InChI is InChI=1S/C13H21BrN2OS/c1-4-16(5-2)12(17)6-8-15-10(3)13-11(14)7-9-18-13/h7,9-10,15H,4-6,8H2,1-3H3. The van der Waals surface area contributed by atoms with E-state index in [1.165, 1.54) is 4.88 Å². The van der Waals surface area contributed by atoms with Crippen molar-refractivity contribution in [3.8, 4) is 0 Å². The van der Waals surface area contributed by atoms with Crippen molar-refractivity contribution in [3.63, 3.8) is 0 Å². The second-order valence-electron chi connectivity index (χ2n) is 4.12. The predicted molar refractivity (Wildman–Crippen MR) is 81.0 cm³/mol. The molecule has 1 heterocycles. The summed E-state index contributed by atoms with van der Waals surface area (Å²) in [5, 5.41) is 5.46. The summed E-state index contributed by atoms with van der Waals surface area (Å²) in [4.78, 5) is 15.0. The molecule has 0 saturated carbocycles. The van der Waals surface area contributed by atoms with E-state index in [1.54, 1.807) is 11.3 Å². The van der Waals surface area contributed by atoms with Crippen LogP contribution in [0.2, 0.25) is 0 Å². The van der Waals surface area contributed by atoms with Gasteiger partial charge in [0, 0.05) is 41.4 Å². The Morgan fingerprint density at radius 2 is 2.17 bits per heavy atom. The van der Waals surface area contributed by atoms with Crippen molar-refractivity contribution in [1.82, 2.24) is 10.2 Å². The molecule has 1 amide bonds. The maximum Gasteiger partial charge on any atom is 0.223 e. The fourth-order valence-electron chi connectivity index (χ4n) is 1.84. The summed E-state index contributed by atoms with van der Waals surface area (Å²) in [6.45, 7) is 8.46. The van der Waals surface area contributed by atoms with Crippen LogP contribution in [0, 0.1) is 0 Å². The van der Waals surface area contributed by atoms with E-state index >= 15 is 0 Å². The number of rotatable bonds is 7. The normalized spacial score (nSPS) is 12.4. The first-order valence-electron chi connectivity index (χ1n) is 6.34. The van der Waals surface area contributed by atoms with E-state index in [1.807, 2.05) is 18.7 Å². The van der Waals surface area contributed by atoms with Gasteiger partial charge in [-0.15, -0.1) is 11.3 Å². The predicted octanol–water partition coefficient (Wildman–Crippen LogP) is 3.42. The molecule has 1 aromatic heterocycles. The summed E-state index contributed by atoms with van der Waals surface area (Å²) in [7, 11) is 0. The molecule has 1 aromatic rings. The van der Waals surface area contributed by atoms with Crippen LogP contribution in [0.3, 0.4) is 0 Å². The number of hydrogen-bond donors (Lipinski definition) is 1. The summed E-state index contributed by atoms with van der Waals surface area (Å²) in [5.74, 6) is 0.227. The van der Waals surface area contributed by atoms with E-state index in [0.29, 0.717) is 6.42 Å². The molecule has 3 nitrogen and oxygen atoms in total. The van der Waals surface area contributed by atoms with Gasteiger partial charge in [-0.2, -0.15) is 0 Å². The van der Waals surface area contributed by atoms with Gasteiger partial charge >= 0.3 is 0 Å². The summed E-state index contributed by atoms with van der Waals surface area (Å²) in [6, 6.07) is 2.34. The lowest BCUT2D eigenvalue weighted by Gasteiger charge is -2.19. The Bertz CT molecular complexity index is 377. The van der Waals surface area contributed by atoms with E-state index in [9.17, 15) is 4.79 Å². The van der Waals surface area contributed by atoms with E-state index < -0.39 is 0 Å². The van der Waals surface area contributed by atoms with Gasteiger partial charge in [0.25, 0.3) is 0 Å². The molecule has 0 saturated heterocycles. The molecule has 1 N–H and O–H groups in total. The van der Waals surface area contributed by atoms with Gasteiger partial charge in [0.2, 0.25) is 5.91 Å². The van der Waals surface area contributed by atoms with Crippen molar-refractivity contribution in [1.29, 1.82) is 0 Å². The number of amides is 1. The van der Waals surface area contributed by atoms with Crippen LogP contribution < -0.4 is 5.32 Å². The van der Waals surface area contributed by atoms with Gasteiger partial charge in [-0.25, -0.2) is 0 Å².